The molecule has 1 aromatic carbocycles. The lowest BCUT2D eigenvalue weighted by Crippen LogP contribution is -1.97. The monoisotopic (exact) mass is 244 g/mol. The van der Waals surface area contributed by atoms with E-state index in [0.29, 0.717) is 6.61 Å². The third-order valence-corrected chi connectivity index (χ3v) is 3.26. The van der Waals surface area contributed by atoms with Crippen LogP contribution in [0.25, 0.3) is 11.3 Å². The van der Waals surface area contributed by atoms with Gasteiger partial charge in [-0.25, -0.2) is 0 Å². The molecular weight excluding hydrogens is 228 g/mol. The zero-order valence-electron chi connectivity index (χ0n) is 10.5. The van der Waals surface area contributed by atoms with E-state index in [-0.39, 0.29) is 0 Å². The number of hydrogen-bond donors (Lipinski definition) is 2. The molecule has 0 amide bonds. The fourth-order valence-electron chi connectivity index (χ4n) is 2.36. The average molecular weight is 244 g/mol. The van der Waals surface area contributed by atoms with Crippen LogP contribution < -0.4 is 4.74 Å². The fourth-order valence-corrected chi connectivity index (χ4v) is 2.36. The Kier molecular flexibility index (Phi) is 2.59. The van der Waals surface area contributed by atoms with Gasteiger partial charge in [-0.05, 0) is 37.6 Å². The summed E-state index contributed by atoms with van der Waals surface area (Å²) in [6, 6.07) is 6.07. The van der Waals surface area contributed by atoms with Crippen LogP contribution in [0.15, 0.2) is 18.2 Å². The van der Waals surface area contributed by atoms with E-state index in [0.717, 1.165) is 40.2 Å². The van der Waals surface area contributed by atoms with Crippen molar-refractivity contribution in [3.63, 3.8) is 0 Å². The van der Waals surface area contributed by atoms with Gasteiger partial charge in [0.1, 0.15) is 5.75 Å². The molecule has 0 radical (unpaired) electrons. The third kappa shape index (κ3) is 1.78. The number of nitrogens with one attached hydrogen (secondary N) is 1. The Morgan fingerprint density at radius 2 is 2.22 bits per heavy atom. The molecule has 94 valence electrons. The van der Waals surface area contributed by atoms with Crippen molar-refractivity contribution in [3.05, 3.63) is 35.0 Å². The van der Waals surface area contributed by atoms with Crippen molar-refractivity contribution < 1.29 is 9.84 Å². The summed E-state index contributed by atoms with van der Waals surface area (Å²) in [5.41, 5.74) is 4.97. The van der Waals surface area contributed by atoms with Crippen molar-refractivity contribution in [1.82, 2.24) is 10.2 Å². The molecule has 3 rings (SSSR count). The maximum atomic E-state index is 9.86. The normalized spacial score (nSPS) is 15.3. The van der Waals surface area contributed by atoms with E-state index in [9.17, 15) is 5.11 Å². The van der Waals surface area contributed by atoms with Gasteiger partial charge in [-0.15, -0.1) is 0 Å². The minimum Gasteiger partial charge on any atom is -0.493 e. The number of benzene rings is 1. The van der Waals surface area contributed by atoms with Gasteiger partial charge in [-0.1, -0.05) is 0 Å². The molecule has 0 fully saturated rings. The van der Waals surface area contributed by atoms with Crippen LogP contribution in [0, 0.1) is 6.92 Å². The number of rotatable bonds is 2. The predicted octanol–water partition coefficient (Wildman–Crippen LogP) is 2.37. The lowest BCUT2D eigenvalue weighted by atomic mass is 9.99. The first-order valence-electron chi connectivity index (χ1n) is 6.15. The summed E-state index contributed by atoms with van der Waals surface area (Å²) in [6.07, 6.45) is 0.364. The molecule has 0 saturated carbocycles. The zero-order chi connectivity index (χ0) is 12.7. The van der Waals surface area contributed by atoms with Crippen molar-refractivity contribution >= 4 is 0 Å². The minimum absolute atomic E-state index is 0.531. The quantitative estimate of drug-likeness (QED) is 0.852. The molecule has 4 heteroatoms. The number of H-pyrrole nitrogens is 1. The second-order valence-electron chi connectivity index (χ2n) is 4.76. The molecule has 0 bridgehead atoms. The number of ether oxygens (including phenoxy) is 1. The molecule has 1 atom stereocenters. The van der Waals surface area contributed by atoms with Gasteiger partial charge in [0.25, 0.3) is 0 Å². The zero-order valence-corrected chi connectivity index (χ0v) is 10.5. The fraction of sp³-hybridized carbons (Fsp3) is 0.357. The van der Waals surface area contributed by atoms with E-state index >= 15 is 0 Å². The van der Waals surface area contributed by atoms with Gasteiger partial charge in [0.2, 0.25) is 0 Å². The van der Waals surface area contributed by atoms with Crippen LogP contribution in [0.4, 0.5) is 0 Å². The second-order valence-corrected chi connectivity index (χ2v) is 4.76. The van der Waals surface area contributed by atoms with Crippen LogP contribution >= 0.6 is 0 Å². The lowest BCUT2D eigenvalue weighted by molar-refractivity contribution is 0.193. The predicted molar refractivity (Wildman–Crippen MR) is 68.6 cm³/mol. The Bertz CT molecular complexity index is 587. The van der Waals surface area contributed by atoms with Crippen LogP contribution in [0.3, 0.4) is 0 Å². The molecule has 0 spiro atoms. The van der Waals surface area contributed by atoms with Gasteiger partial charge in [0.05, 0.1) is 18.4 Å². The maximum absolute atomic E-state index is 9.86. The van der Waals surface area contributed by atoms with Gasteiger partial charge in [-0.2, -0.15) is 5.10 Å². The molecule has 2 N–H and O–H groups in total. The van der Waals surface area contributed by atoms with Crippen molar-refractivity contribution in [1.29, 1.82) is 0 Å². The van der Waals surface area contributed by atoms with Crippen LogP contribution in [-0.2, 0) is 6.42 Å². The molecule has 0 saturated heterocycles. The van der Waals surface area contributed by atoms with Gasteiger partial charge < -0.3 is 9.84 Å². The summed E-state index contributed by atoms with van der Waals surface area (Å²) in [4.78, 5) is 0. The Hall–Kier alpha value is -1.81. The van der Waals surface area contributed by atoms with E-state index in [2.05, 4.69) is 16.3 Å². The number of aliphatic hydroxyl groups excluding tert-OH is 1. The highest BCUT2D eigenvalue weighted by Gasteiger charge is 2.21. The number of aromatic amines is 1. The van der Waals surface area contributed by atoms with Gasteiger partial charge in [0, 0.05) is 23.2 Å². The van der Waals surface area contributed by atoms with Gasteiger partial charge in [-0.3, -0.25) is 5.10 Å². The Morgan fingerprint density at radius 1 is 1.39 bits per heavy atom. The van der Waals surface area contributed by atoms with E-state index < -0.39 is 6.10 Å². The van der Waals surface area contributed by atoms with Crippen LogP contribution in [0.1, 0.15) is 29.8 Å². The third-order valence-electron chi connectivity index (χ3n) is 3.26. The Labute approximate surface area is 106 Å². The molecule has 1 aromatic heterocycles. The summed E-state index contributed by atoms with van der Waals surface area (Å²) in [5.74, 6) is 0.848. The SMILES string of the molecule is Cc1cc(-c2cc3c(c([C@@H](C)O)c2)OCC3)n[nH]1. The van der Waals surface area contributed by atoms with Gasteiger partial charge in [0.15, 0.2) is 0 Å². The molecule has 18 heavy (non-hydrogen) atoms. The summed E-state index contributed by atoms with van der Waals surface area (Å²) in [7, 11) is 0. The van der Waals surface area contributed by atoms with Crippen molar-refractivity contribution in [3.8, 4) is 17.0 Å². The van der Waals surface area contributed by atoms with E-state index in [4.69, 9.17) is 4.74 Å². The molecule has 0 unspecified atom stereocenters. The first-order chi connectivity index (χ1) is 8.65. The summed E-state index contributed by atoms with van der Waals surface area (Å²) >= 11 is 0. The minimum atomic E-state index is -0.531. The highest BCUT2D eigenvalue weighted by atomic mass is 16.5. The molecule has 2 heterocycles. The number of aryl methyl sites for hydroxylation is 1. The highest BCUT2D eigenvalue weighted by molar-refractivity contribution is 5.65. The molecule has 2 aromatic rings. The maximum Gasteiger partial charge on any atom is 0.128 e. The average Bonchev–Trinajstić information content (AvgIpc) is 2.95. The highest BCUT2D eigenvalue weighted by Crippen LogP contribution is 2.37. The molecule has 4 nitrogen and oxygen atoms in total. The second kappa shape index (κ2) is 4.14. The number of hydrogen-bond acceptors (Lipinski definition) is 3. The molecule has 1 aliphatic heterocycles. The standard InChI is InChI=1S/C14H16N2O2/c1-8-5-13(16-15-8)11-6-10-3-4-18-14(10)12(7-11)9(2)17/h5-7,9,17H,3-4H2,1-2H3,(H,15,16)/t9-/m1/s1. The van der Waals surface area contributed by atoms with Crippen LogP contribution in [0.2, 0.25) is 0 Å². The Morgan fingerprint density at radius 3 is 2.89 bits per heavy atom. The molecule has 0 aliphatic carbocycles. The number of aromatic nitrogens is 2. The summed E-state index contributed by atoms with van der Waals surface area (Å²) in [6.45, 7) is 4.43. The summed E-state index contributed by atoms with van der Waals surface area (Å²) < 4.78 is 5.60. The van der Waals surface area contributed by atoms with Crippen LogP contribution in [0.5, 0.6) is 5.75 Å². The van der Waals surface area contributed by atoms with Crippen molar-refractivity contribution in [2.45, 2.75) is 26.4 Å². The first kappa shape index (κ1) is 11.3. The van der Waals surface area contributed by atoms with E-state index in [1.165, 1.54) is 0 Å². The molecule has 1 aliphatic rings. The number of fused-ring (bicyclic) bond motifs is 1. The van der Waals surface area contributed by atoms with E-state index in [1.807, 2.05) is 19.1 Å². The topological polar surface area (TPSA) is 58.1 Å². The Balaban J connectivity index is 2.14. The van der Waals surface area contributed by atoms with Crippen molar-refractivity contribution in [2.24, 2.45) is 0 Å². The van der Waals surface area contributed by atoms with Gasteiger partial charge >= 0.3 is 0 Å². The summed E-state index contributed by atoms with van der Waals surface area (Å²) in [5, 5.41) is 17.1. The number of aliphatic hydroxyl groups is 1. The van der Waals surface area contributed by atoms with E-state index in [1.54, 1.807) is 6.92 Å². The molecular formula is C14H16N2O2. The first-order valence-corrected chi connectivity index (χ1v) is 6.15. The number of nitrogens with zero attached hydrogens (tertiary/aromatic N) is 1. The largest absolute Gasteiger partial charge is 0.493 e. The lowest BCUT2D eigenvalue weighted by Gasteiger charge is -2.12. The van der Waals surface area contributed by atoms with Crippen molar-refractivity contribution in [2.75, 3.05) is 6.61 Å². The smallest absolute Gasteiger partial charge is 0.128 e. The van der Waals surface area contributed by atoms with Crippen LogP contribution in [-0.4, -0.2) is 21.9 Å².